The van der Waals surface area contributed by atoms with Gasteiger partial charge in [-0.05, 0) is 61.2 Å². The number of rotatable bonds is 6. The number of nitrogens with zero attached hydrogens (tertiary/aromatic N) is 1. The molecule has 0 radical (unpaired) electrons. The van der Waals surface area contributed by atoms with Crippen molar-refractivity contribution < 1.29 is 13.2 Å². The highest BCUT2D eigenvalue weighted by Crippen LogP contribution is 2.20. The van der Waals surface area contributed by atoms with Gasteiger partial charge in [0.2, 0.25) is 10.0 Å². The van der Waals surface area contributed by atoms with Gasteiger partial charge in [0, 0.05) is 25.3 Å². The molecule has 0 bridgehead atoms. The van der Waals surface area contributed by atoms with Crippen molar-refractivity contribution in [3.8, 4) is 5.75 Å². The van der Waals surface area contributed by atoms with Crippen LogP contribution in [0.5, 0.6) is 5.75 Å². The Labute approximate surface area is 149 Å². The van der Waals surface area contributed by atoms with Crippen LogP contribution in [0.4, 0.5) is 5.69 Å². The minimum atomic E-state index is -3.53. The summed E-state index contributed by atoms with van der Waals surface area (Å²) in [6.45, 7) is 2.47. The van der Waals surface area contributed by atoms with Gasteiger partial charge in [-0.15, -0.1) is 0 Å². The molecule has 1 fully saturated rings. The summed E-state index contributed by atoms with van der Waals surface area (Å²) >= 11 is 0. The molecule has 25 heavy (non-hydrogen) atoms. The number of ether oxygens (including phenoxy) is 1. The lowest BCUT2D eigenvalue weighted by molar-refractivity contribution is 0.414. The van der Waals surface area contributed by atoms with Crippen molar-refractivity contribution >= 4 is 15.7 Å². The van der Waals surface area contributed by atoms with E-state index in [1.165, 1.54) is 24.9 Å². The Kier molecular flexibility index (Phi) is 5.60. The van der Waals surface area contributed by atoms with Crippen LogP contribution in [0, 0.1) is 0 Å². The number of hydrogen-bond acceptors (Lipinski definition) is 4. The van der Waals surface area contributed by atoms with Crippen LogP contribution in [0.15, 0.2) is 53.4 Å². The topological polar surface area (TPSA) is 58.6 Å². The lowest BCUT2D eigenvalue weighted by atomic mass is 10.1. The largest absolute Gasteiger partial charge is 0.497 e. The molecule has 5 nitrogen and oxygen atoms in total. The average molecular weight is 360 g/mol. The number of methoxy groups -OCH3 is 1. The van der Waals surface area contributed by atoms with Crippen LogP contribution >= 0.6 is 0 Å². The van der Waals surface area contributed by atoms with Crippen LogP contribution < -0.4 is 14.4 Å². The van der Waals surface area contributed by atoms with Crippen LogP contribution in [0.2, 0.25) is 0 Å². The predicted molar refractivity (Wildman–Crippen MR) is 99.5 cm³/mol. The van der Waals surface area contributed by atoms with Gasteiger partial charge < -0.3 is 9.64 Å². The Balaban J connectivity index is 1.61. The van der Waals surface area contributed by atoms with Crippen LogP contribution in [-0.4, -0.2) is 28.6 Å². The van der Waals surface area contributed by atoms with E-state index in [-0.39, 0.29) is 11.4 Å². The predicted octanol–water partition coefficient (Wildman–Crippen LogP) is 3.16. The van der Waals surface area contributed by atoms with E-state index >= 15 is 0 Å². The van der Waals surface area contributed by atoms with Crippen molar-refractivity contribution in [2.24, 2.45) is 0 Å². The molecule has 0 unspecified atom stereocenters. The highest BCUT2D eigenvalue weighted by molar-refractivity contribution is 7.89. The molecule has 0 amide bonds. The van der Waals surface area contributed by atoms with Gasteiger partial charge >= 0.3 is 0 Å². The van der Waals surface area contributed by atoms with Gasteiger partial charge in [0.25, 0.3) is 0 Å². The third-order valence-corrected chi connectivity index (χ3v) is 5.91. The number of piperidine rings is 1. The first-order chi connectivity index (χ1) is 12.1. The highest BCUT2D eigenvalue weighted by Gasteiger charge is 2.14. The number of anilines is 1. The Morgan fingerprint density at radius 2 is 1.60 bits per heavy atom. The first-order valence-corrected chi connectivity index (χ1v) is 10.0. The molecule has 3 rings (SSSR count). The molecule has 6 heteroatoms. The zero-order valence-electron chi connectivity index (χ0n) is 14.4. The quantitative estimate of drug-likeness (QED) is 0.860. The molecule has 1 saturated heterocycles. The van der Waals surface area contributed by atoms with Gasteiger partial charge in [0.15, 0.2) is 0 Å². The molecule has 0 aliphatic carbocycles. The molecule has 0 spiro atoms. The molecular formula is C19H24N2O3S. The fourth-order valence-electron chi connectivity index (χ4n) is 2.99. The summed E-state index contributed by atoms with van der Waals surface area (Å²) in [6.07, 6.45) is 3.79. The molecular weight excluding hydrogens is 336 g/mol. The number of nitrogens with one attached hydrogen (secondary N) is 1. The van der Waals surface area contributed by atoms with Crippen molar-refractivity contribution in [1.82, 2.24) is 4.72 Å². The van der Waals surface area contributed by atoms with Crippen LogP contribution in [-0.2, 0) is 16.6 Å². The van der Waals surface area contributed by atoms with Gasteiger partial charge in [0.1, 0.15) is 5.75 Å². The van der Waals surface area contributed by atoms with Crippen molar-refractivity contribution in [2.45, 2.75) is 30.7 Å². The van der Waals surface area contributed by atoms with Crippen molar-refractivity contribution in [2.75, 3.05) is 25.1 Å². The summed E-state index contributed by atoms with van der Waals surface area (Å²) in [7, 11) is -1.98. The summed E-state index contributed by atoms with van der Waals surface area (Å²) in [5, 5.41) is 0. The normalized spacial score (nSPS) is 15.2. The smallest absolute Gasteiger partial charge is 0.240 e. The molecule has 134 valence electrons. The fraction of sp³-hybridized carbons (Fsp3) is 0.368. The first-order valence-electron chi connectivity index (χ1n) is 8.56. The Morgan fingerprint density at radius 1 is 0.960 bits per heavy atom. The first kappa shape index (κ1) is 17.8. The Bertz CT molecular complexity index is 780. The molecule has 1 heterocycles. The minimum absolute atomic E-state index is 0.234. The zero-order valence-corrected chi connectivity index (χ0v) is 15.3. The molecule has 1 aliphatic rings. The van der Waals surface area contributed by atoms with E-state index in [0.717, 1.165) is 18.7 Å². The van der Waals surface area contributed by atoms with Gasteiger partial charge in [-0.1, -0.05) is 12.1 Å². The van der Waals surface area contributed by atoms with Gasteiger partial charge in [-0.3, -0.25) is 0 Å². The summed E-state index contributed by atoms with van der Waals surface area (Å²) in [5.74, 6) is 0.632. The van der Waals surface area contributed by atoms with E-state index in [1.807, 2.05) is 12.1 Å². The highest BCUT2D eigenvalue weighted by atomic mass is 32.2. The second-order valence-corrected chi connectivity index (χ2v) is 7.98. The van der Waals surface area contributed by atoms with E-state index in [1.54, 1.807) is 31.4 Å². The summed E-state index contributed by atoms with van der Waals surface area (Å²) in [5.41, 5.74) is 2.15. The maximum atomic E-state index is 12.4. The lowest BCUT2D eigenvalue weighted by Crippen LogP contribution is -2.29. The molecule has 0 atom stereocenters. The van der Waals surface area contributed by atoms with Crippen molar-refractivity contribution in [1.29, 1.82) is 0 Å². The van der Waals surface area contributed by atoms with Crippen molar-refractivity contribution in [3.63, 3.8) is 0 Å². The third-order valence-electron chi connectivity index (χ3n) is 4.49. The Hall–Kier alpha value is -2.05. The van der Waals surface area contributed by atoms with Gasteiger partial charge in [0.05, 0.1) is 12.0 Å². The number of hydrogen-bond donors (Lipinski definition) is 1. The SMILES string of the molecule is COc1ccc(S(=O)(=O)NCc2ccc(N3CCCCC3)cc2)cc1. The zero-order chi connectivity index (χ0) is 17.7. The summed E-state index contributed by atoms with van der Waals surface area (Å²) in [6, 6.07) is 14.5. The summed E-state index contributed by atoms with van der Waals surface area (Å²) in [4.78, 5) is 2.62. The molecule has 1 aliphatic heterocycles. The van der Waals surface area contributed by atoms with E-state index in [4.69, 9.17) is 4.74 Å². The van der Waals surface area contributed by atoms with Crippen molar-refractivity contribution in [3.05, 3.63) is 54.1 Å². The van der Waals surface area contributed by atoms with E-state index in [0.29, 0.717) is 5.75 Å². The van der Waals surface area contributed by atoms with E-state index in [9.17, 15) is 8.42 Å². The maximum absolute atomic E-state index is 12.4. The maximum Gasteiger partial charge on any atom is 0.240 e. The molecule has 1 N–H and O–H groups in total. The monoisotopic (exact) mass is 360 g/mol. The van der Waals surface area contributed by atoms with Gasteiger partial charge in [-0.25, -0.2) is 13.1 Å². The molecule has 0 saturated carbocycles. The van der Waals surface area contributed by atoms with Gasteiger partial charge in [-0.2, -0.15) is 0 Å². The van der Waals surface area contributed by atoms with Crippen LogP contribution in [0.25, 0.3) is 0 Å². The standard InChI is InChI=1S/C19H24N2O3S/c1-24-18-9-11-19(12-10-18)25(22,23)20-15-16-5-7-17(8-6-16)21-13-3-2-4-14-21/h5-12,20H,2-4,13-15H2,1H3. The van der Waals surface area contributed by atoms with Crippen LogP contribution in [0.1, 0.15) is 24.8 Å². The number of sulfonamides is 1. The second-order valence-electron chi connectivity index (χ2n) is 6.21. The molecule has 0 aromatic heterocycles. The second kappa shape index (κ2) is 7.89. The number of benzene rings is 2. The lowest BCUT2D eigenvalue weighted by Gasteiger charge is -2.28. The Morgan fingerprint density at radius 3 is 2.20 bits per heavy atom. The average Bonchev–Trinajstić information content (AvgIpc) is 2.67. The molecule has 2 aromatic carbocycles. The summed E-state index contributed by atoms with van der Waals surface area (Å²) < 4.78 is 32.4. The molecule has 2 aromatic rings. The van der Waals surface area contributed by atoms with E-state index in [2.05, 4.69) is 21.8 Å². The third kappa shape index (κ3) is 4.52. The van der Waals surface area contributed by atoms with E-state index < -0.39 is 10.0 Å². The minimum Gasteiger partial charge on any atom is -0.497 e. The van der Waals surface area contributed by atoms with Crippen LogP contribution in [0.3, 0.4) is 0 Å². The fourth-order valence-corrected chi connectivity index (χ4v) is 4.01.